The van der Waals surface area contributed by atoms with Crippen LogP contribution in [0.5, 0.6) is 11.5 Å². The van der Waals surface area contributed by atoms with Crippen molar-refractivity contribution in [2.45, 2.75) is 0 Å². The molecule has 0 aliphatic rings. The van der Waals surface area contributed by atoms with E-state index >= 15 is 0 Å². The Morgan fingerprint density at radius 2 is 1.00 bits per heavy atom. The monoisotopic (exact) mass is 482 g/mol. The predicted molar refractivity (Wildman–Crippen MR) is 141 cm³/mol. The lowest BCUT2D eigenvalue weighted by atomic mass is 10.2. The van der Waals surface area contributed by atoms with Crippen LogP contribution in [0.25, 0.3) is 0 Å². The average molecular weight is 483 g/mol. The molecule has 0 saturated heterocycles. The molecule has 0 aliphatic heterocycles. The number of nitrogens with one attached hydrogen (secondary N) is 2. The van der Waals surface area contributed by atoms with Crippen LogP contribution in [0.3, 0.4) is 0 Å². The van der Waals surface area contributed by atoms with E-state index in [0.29, 0.717) is 35.8 Å². The van der Waals surface area contributed by atoms with Gasteiger partial charge in [0, 0.05) is 11.1 Å². The fourth-order valence-electron chi connectivity index (χ4n) is 2.84. The molecule has 0 aliphatic carbocycles. The van der Waals surface area contributed by atoms with E-state index < -0.39 is 0 Å². The van der Waals surface area contributed by atoms with Gasteiger partial charge in [-0.2, -0.15) is 10.2 Å². The van der Waals surface area contributed by atoms with Gasteiger partial charge in [-0.15, -0.1) is 0 Å². The molecule has 3 aromatic carbocycles. The lowest BCUT2D eigenvalue weighted by Crippen LogP contribution is -2.17. The van der Waals surface area contributed by atoms with Crippen molar-refractivity contribution in [2.24, 2.45) is 10.2 Å². The minimum Gasteiger partial charge on any atom is -0.490 e. The van der Waals surface area contributed by atoms with Crippen LogP contribution in [0.1, 0.15) is 31.8 Å². The second-order valence-electron chi connectivity index (χ2n) is 7.31. The number of carbonyl (C=O) groups is 2. The summed E-state index contributed by atoms with van der Waals surface area (Å²) in [4.78, 5) is 24.4. The highest BCUT2D eigenvalue weighted by Crippen LogP contribution is 2.13. The molecule has 182 valence electrons. The van der Waals surface area contributed by atoms with Crippen molar-refractivity contribution in [3.05, 3.63) is 120 Å². The number of hydrazone groups is 2. The zero-order valence-electron chi connectivity index (χ0n) is 19.6. The van der Waals surface area contributed by atoms with Crippen LogP contribution in [0, 0.1) is 0 Å². The van der Waals surface area contributed by atoms with Gasteiger partial charge in [-0.05, 0) is 59.7 Å². The zero-order valence-corrected chi connectivity index (χ0v) is 19.6. The summed E-state index contributed by atoms with van der Waals surface area (Å²) in [6, 6.07) is 20.7. The first-order chi connectivity index (χ1) is 17.6. The van der Waals surface area contributed by atoms with E-state index in [1.165, 1.54) is 12.4 Å². The molecular weight excluding hydrogens is 456 g/mol. The largest absolute Gasteiger partial charge is 0.490 e. The fraction of sp³-hybridized carbons (Fsp3) is 0.0714. The van der Waals surface area contributed by atoms with Crippen LogP contribution in [0.15, 0.2) is 108 Å². The molecule has 8 heteroatoms. The molecule has 0 radical (unpaired) electrons. The Bertz CT molecular complexity index is 1130. The van der Waals surface area contributed by atoms with Crippen molar-refractivity contribution in [2.75, 3.05) is 13.2 Å². The average Bonchev–Trinajstić information content (AvgIpc) is 2.92. The summed E-state index contributed by atoms with van der Waals surface area (Å²) in [5.74, 6) is 0.642. The van der Waals surface area contributed by atoms with Gasteiger partial charge < -0.3 is 9.47 Å². The Morgan fingerprint density at radius 1 is 0.639 bits per heavy atom. The second-order valence-corrected chi connectivity index (χ2v) is 7.31. The Kier molecular flexibility index (Phi) is 9.73. The van der Waals surface area contributed by atoms with Crippen LogP contribution in [-0.2, 0) is 0 Å². The van der Waals surface area contributed by atoms with E-state index in [1.807, 2.05) is 24.3 Å². The summed E-state index contributed by atoms with van der Waals surface area (Å²) in [6.45, 7) is 7.98. The molecule has 0 saturated carbocycles. The van der Waals surface area contributed by atoms with Crippen molar-refractivity contribution in [1.29, 1.82) is 0 Å². The number of hydrogen-bond acceptors (Lipinski definition) is 6. The Balaban J connectivity index is 1.46. The molecule has 0 bridgehead atoms. The minimum atomic E-state index is -0.333. The number of amides is 2. The lowest BCUT2D eigenvalue weighted by Gasteiger charge is -2.04. The first kappa shape index (κ1) is 25.6. The van der Waals surface area contributed by atoms with Crippen molar-refractivity contribution in [1.82, 2.24) is 10.9 Å². The van der Waals surface area contributed by atoms with E-state index in [-0.39, 0.29) is 11.8 Å². The van der Waals surface area contributed by atoms with Crippen LogP contribution in [0.4, 0.5) is 0 Å². The fourth-order valence-corrected chi connectivity index (χ4v) is 2.84. The van der Waals surface area contributed by atoms with Gasteiger partial charge in [-0.25, -0.2) is 10.9 Å². The third kappa shape index (κ3) is 8.11. The SMILES string of the molecule is C=CCOc1ccc(C(=O)N/N=C/c2ccc(/C=N/NC(=O)c3ccc(OCC=C)cc3)cc2)cc1. The van der Waals surface area contributed by atoms with E-state index in [9.17, 15) is 9.59 Å². The van der Waals surface area contributed by atoms with E-state index in [1.54, 1.807) is 60.7 Å². The van der Waals surface area contributed by atoms with Gasteiger partial charge in [0.15, 0.2) is 0 Å². The van der Waals surface area contributed by atoms with Gasteiger partial charge in [-0.3, -0.25) is 9.59 Å². The molecule has 0 spiro atoms. The zero-order chi connectivity index (χ0) is 25.6. The maximum absolute atomic E-state index is 12.2. The van der Waals surface area contributed by atoms with Gasteiger partial charge in [0.2, 0.25) is 0 Å². The standard InChI is InChI=1S/C28H26N4O4/c1-3-17-35-25-13-9-23(10-14-25)27(33)31-29-19-21-5-7-22(8-6-21)20-30-32-28(34)24-11-15-26(16-12-24)36-18-4-2/h3-16,19-20H,1-2,17-18H2,(H,31,33)(H,32,34)/b29-19+,30-20+. The molecule has 3 rings (SSSR count). The Hall–Kier alpha value is -4.98. The van der Waals surface area contributed by atoms with Gasteiger partial charge in [0.25, 0.3) is 11.8 Å². The summed E-state index contributed by atoms with van der Waals surface area (Å²) in [6.07, 6.45) is 6.36. The topological polar surface area (TPSA) is 101 Å². The quantitative estimate of drug-likeness (QED) is 0.228. The third-order valence-corrected chi connectivity index (χ3v) is 4.66. The Labute approximate surface area is 209 Å². The van der Waals surface area contributed by atoms with Crippen molar-refractivity contribution >= 4 is 24.2 Å². The summed E-state index contributed by atoms with van der Waals surface area (Å²) in [7, 11) is 0. The number of benzene rings is 3. The highest BCUT2D eigenvalue weighted by molar-refractivity contribution is 5.96. The van der Waals surface area contributed by atoms with Gasteiger partial charge in [0.1, 0.15) is 24.7 Å². The number of nitrogens with zero attached hydrogens (tertiary/aromatic N) is 2. The van der Waals surface area contributed by atoms with Crippen LogP contribution >= 0.6 is 0 Å². The lowest BCUT2D eigenvalue weighted by molar-refractivity contribution is 0.0947. The molecular formula is C28H26N4O4. The molecule has 3 aromatic rings. The third-order valence-electron chi connectivity index (χ3n) is 4.66. The summed E-state index contributed by atoms with van der Waals surface area (Å²) in [5, 5.41) is 7.98. The van der Waals surface area contributed by atoms with E-state index in [4.69, 9.17) is 9.47 Å². The summed E-state index contributed by atoms with van der Waals surface area (Å²) >= 11 is 0. The van der Waals surface area contributed by atoms with Crippen molar-refractivity contribution < 1.29 is 19.1 Å². The molecule has 0 aromatic heterocycles. The van der Waals surface area contributed by atoms with Crippen LogP contribution in [-0.4, -0.2) is 37.5 Å². The van der Waals surface area contributed by atoms with Crippen molar-refractivity contribution in [3.8, 4) is 11.5 Å². The number of carbonyl (C=O) groups excluding carboxylic acids is 2. The molecule has 2 amide bonds. The van der Waals surface area contributed by atoms with Gasteiger partial charge >= 0.3 is 0 Å². The van der Waals surface area contributed by atoms with E-state index in [2.05, 4.69) is 34.2 Å². The molecule has 0 unspecified atom stereocenters. The van der Waals surface area contributed by atoms with Crippen LogP contribution < -0.4 is 20.3 Å². The number of rotatable bonds is 12. The van der Waals surface area contributed by atoms with Crippen LogP contribution in [0.2, 0.25) is 0 Å². The molecule has 36 heavy (non-hydrogen) atoms. The summed E-state index contributed by atoms with van der Waals surface area (Å²) < 4.78 is 10.8. The highest BCUT2D eigenvalue weighted by atomic mass is 16.5. The Morgan fingerprint density at radius 3 is 1.33 bits per heavy atom. The van der Waals surface area contributed by atoms with Crippen molar-refractivity contribution in [3.63, 3.8) is 0 Å². The maximum atomic E-state index is 12.2. The molecule has 0 heterocycles. The first-order valence-corrected chi connectivity index (χ1v) is 11.0. The predicted octanol–water partition coefficient (Wildman–Crippen LogP) is 4.34. The minimum absolute atomic E-state index is 0.333. The van der Waals surface area contributed by atoms with E-state index in [0.717, 1.165) is 11.1 Å². The van der Waals surface area contributed by atoms with Gasteiger partial charge in [0.05, 0.1) is 12.4 Å². The van der Waals surface area contributed by atoms with Gasteiger partial charge in [-0.1, -0.05) is 49.6 Å². The maximum Gasteiger partial charge on any atom is 0.271 e. The molecule has 2 N–H and O–H groups in total. The molecule has 0 atom stereocenters. The summed E-state index contributed by atoms with van der Waals surface area (Å²) in [5.41, 5.74) is 7.46. The highest BCUT2D eigenvalue weighted by Gasteiger charge is 2.05. The second kappa shape index (κ2) is 13.7. The smallest absolute Gasteiger partial charge is 0.271 e. The molecule has 8 nitrogen and oxygen atoms in total. The number of ether oxygens (including phenoxy) is 2. The number of hydrogen-bond donors (Lipinski definition) is 2. The molecule has 0 fully saturated rings. The normalized spacial score (nSPS) is 10.7. The first-order valence-electron chi connectivity index (χ1n) is 11.0.